The van der Waals surface area contributed by atoms with Crippen LogP contribution in [0, 0.1) is 0 Å². The number of aromatic nitrogens is 2. The third-order valence-electron chi connectivity index (χ3n) is 5.45. The van der Waals surface area contributed by atoms with E-state index in [9.17, 15) is 4.79 Å². The summed E-state index contributed by atoms with van der Waals surface area (Å²) in [7, 11) is 0. The lowest BCUT2D eigenvalue weighted by atomic mass is 10.1. The lowest BCUT2D eigenvalue weighted by Crippen LogP contribution is -2.27. The lowest BCUT2D eigenvalue weighted by Gasteiger charge is -2.22. The van der Waals surface area contributed by atoms with Crippen LogP contribution in [0.25, 0.3) is 16.9 Å². The number of ether oxygens (including phenoxy) is 2. The molecule has 0 bridgehead atoms. The Kier molecular flexibility index (Phi) is 5.28. The van der Waals surface area contributed by atoms with E-state index in [1.54, 1.807) is 6.07 Å². The Balaban J connectivity index is 1.44. The van der Waals surface area contributed by atoms with Gasteiger partial charge in [-0.1, -0.05) is 18.2 Å². The number of carbonyl (C=O) groups excluding carboxylic acids is 1. The van der Waals surface area contributed by atoms with Crippen molar-refractivity contribution in [3.63, 3.8) is 0 Å². The fraction of sp³-hybridized carbons (Fsp3) is 0.231. The summed E-state index contributed by atoms with van der Waals surface area (Å²) in [5.74, 6) is 2.05. The van der Waals surface area contributed by atoms with Crippen LogP contribution >= 0.6 is 0 Å². The van der Waals surface area contributed by atoms with Gasteiger partial charge in [0.2, 0.25) is 6.79 Å². The van der Waals surface area contributed by atoms with Gasteiger partial charge in [-0.15, -0.1) is 0 Å². The molecule has 34 heavy (non-hydrogen) atoms. The Hall–Kier alpha value is -4.20. The van der Waals surface area contributed by atoms with Crippen LogP contribution in [-0.2, 0) is 6.54 Å². The molecule has 5 rings (SSSR count). The Labute approximate surface area is 197 Å². The first-order valence-electron chi connectivity index (χ1n) is 11.1. The molecule has 0 radical (unpaired) electrons. The minimum atomic E-state index is -0.212. The van der Waals surface area contributed by atoms with Crippen molar-refractivity contribution in [3.05, 3.63) is 71.9 Å². The number of nitrogen functional groups attached to an aromatic ring is 1. The van der Waals surface area contributed by atoms with E-state index in [2.05, 4.69) is 31.4 Å². The van der Waals surface area contributed by atoms with Crippen molar-refractivity contribution in [2.24, 2.45) is 0 Å². The number of amides is 1. The molecule has 1 amide bonds. The van der Waals surface area contributed by atoms with Gasteiger partial charge in [-0.25, -0.2) is 4.98 Å². The zero-order valence-electron chi connectivity index (χ0n) is 19.4. The predicted molar refractivity (Wildman–Crippen MR) is 132 cm³/mol. The van der Waals surface area contributed by atoms with Crippen LogP contribution in [0.1, 0.15) is 36.7 Å². The van der Waals surface area contributed by atoms with Gasteiger partial charge in [-0.2, -0.15) is 0 Å². The van der Waals surface area contributed by atoms with E-state index < -0.39 is 0 Å². The van der Waals surface area contributed by atoms with Crippen LogP contribution in [0.4, 0.5) is 11.5 Å². The molecule has 4 aromatic rings. The quantitative estimate of drug-likeness (QED) is 0.383. The Morgan fingerprint density at radius 3 is 2.59 bits per heavy atom. The van der Waals surface area contributed by atoms with Crippen LogP contribution in [-0.4, -0.2) is 27.6 Å². The van der Waals surface area contributed by atoms with Gasteiger partial charge in [0.1, 0.15) is 17.2 Å². The second-order valence-electron chi connectivity index (χ2n) is 9.32. The van der Waals surface area contributed by atoms with Gasteiger partial charge >= 0.3 is 0 Å². The number of fused-ring (bicyclic) bond motifs is 2. The third kappa shape index (κ3) is 4.34. The number of nitrogens with zero attached hydrogens (tertiary/aromatic N) is 2. The van der Waals surface area contributed by atoms with Crippen molar-refractivity contribution >= 4 is 23.1 Å². The second-order valence-corrected chi connectivity index (χ2v) is 9.32. The number of nitrogens with two attached hydrogens (primary N) is 1. The summed E-state index contributed by atoms with van der Waals surface area (Å²) in [6.07, 6.45) is 1.81. The Morgan fingerprint density at radius 1 is 1.06 bits per heavy atom. The highest BCUT2D eigenvalue weighted by atomic mass is 16.7. The van der Waals surface area contributed by atoms with Crippen LogP contribution < -0.4 is 25.8 Å². The van der Waals surface area contributed by atoms with Gasteiger partial charge < -0.3 is 25.8 Å². The predicted octanol–water partition coefficient (Wildman–Crippen LogP) is 4.45. The van der Waals surface area contributed by atoms with Crippen molar-refractivity contribution in [2.75, 3.05) is 17.8 Å². The van der Waals surface area contributed by atoms with Crippen LogP contribution in [0.15, 0.2) is 60.8 Å². The minimum absolute atomic E-state index is 0.177. The second kappa shape index (κ2) is 8.30. The van der Waals surface area contributed by atoms with E-state index in [1.165, 1.54) is 0 Å². The number of hydrogen-bond acceptors (Lipinski definition) is 6. The zero-order chi connectivity index (χ0) is 23.9. The molecule has 3 heterocycles. The van der Waals surface area contributed by atoms with Gasteiger partial charge in [-0.3, -0.25) is 9.20 Å². The molecule has 0 fully saturated rings. The number of nitrogens with one attached hydrogen (secondary N) is 2. The molecule has 2 aromatic carbocycles. The molecule has 0 saturated carbocycles. The summed E-state index contributed by atoms with van der Waals surface area (Å²) in [6.45, 7) is 6.85. The maximum atomic E-state index is 13.0. The normalized spacial score (nSPS) is 12.7. The first kappa shape index (κ1) is 21.6. The number of hydrogen-bond donors (Lipinski definition) is 3. The SMILES string of the molecule is CC(C)(C)Nc1c(-c2ccc(N)cc2)nc2ccc(C(=O)NCc3ccc4c(c3)OCO4)cn12. The molecule has 174 valence electrons. The summed E-state index contributed by atoms with van der Waals surface area (Å²) >= 11 is 0. The first-order valence-corrected chi connectivity index (χ1v) is 11.1. The molecule has 0 atom stereocenters. The number of carbonyl (C=O) groups is 1. The lowest BCUT2D eigenvalue weighted by molar-refractivity contribution is 0.0950. The van der Waals surface area contributed by atoms with Crippen molar-refractivity contribution in [1.82, 2.24) is 14.7 Å². The molecule has 4 N–H and O–H groups in total. The van der Waals surface area contributed by atoms with Crippen molar-refractivity contribution in [1.29, 1.82) is 0 Å². The van der Waals surface area contributed by atoms with Crippen molar-refractivity contribution in [2.45, 2.75) is 32.9 Å². The topological polar surface area (TPSA) is 103 Å². The summed E-state index contributed by atoms with van der Waals surface area (Å²) in [5, 5.41) is 6.53. The van der Waals surface area contributed by atoms with Gasteiger partial charge in [0.15, 0.2) is 11.5 Å². The molecule has 1 aliphatic rings. The molecule has 0 aliphatic carbocycles. The van der Waals surface area contributed by atoms with Gasteiger partial charge in [0.05, 0.1) is 5.56 Å². The van der Waals surface area contributed by atoms with Crippen LogP contribution in [0.5, 0.6) is 11.5 Å². The Morgan fingerprint density at radius 2 is 1.82 bits per heavy atom. The van der Waals surface area contributed by atoms with Crippen molar-refractivity contribution < 1.29 is 14.3 Å². The molecule has 0 spiro atoms. The number of pyridine rings is 1. The summed E-state index contributed by atoms with van der Waals surface area (Å²) in [6, 6.07) is 16.9. The average molecular weight is 458 g/mol. The number of rotatable bonds is 5. The van der Waals surface area contributed by atoms with Crippen LogP contribution in [0.2, 0.25) is 0 Å². The summed E-state index contributed by atoms with van der Waals surface area (Å²) in [4.78, 5) is 17.8. The molecule has 8 heteroatoms. The summed E-state index contributed by atoms with van der Waals surface area (Å²) < 4.78 is 12.7. The highest BCUT2D eigenvalue weighted by Crippen LogP contribution is 2.33. The molecular formula is C26H27N5O3. The fourth-order valence-corrected chi connectivity index (χ4v) is 3.83. The molecular weight excluding hydrogens is 430 g/mol. The number of anilines is 2. The van der Waals surface area contributed by atoms with Crippen molar-refractivity contribution in [3.8, 4) is 22.8 Å². The summed E-state index contributed by atoms with van der Waals surface area (Å²) in [5.41, 5.74) is 10.3. The number of imidazole rings is 1. The highest BCUT2D eigenvalue weighted by Gasteiger charge is 2.20. The van der Waals surface area contributed by atoms with Crippen LogP contribution in [0.3, 0.4) is 0 Å². The smallest absolute Gasteiger partial charge is 0.253 e. The largest absolute Gasteiger partial charge is 0.454 e. The molecule has 0 unspecified atom stereocenters. The fourth-order valence-electron chi connectivity index (χ4n) is 3.83. The maximum Gasteiger partial charge on any atom is 0.253 e. The highest BCUT2D eigenvalue weighted by molar-refractivity contribution is 5.94. The van der Waals surface area contributed by atoms with Gasteiger partial charge in [0.25, 0.3) is 5.91 Å². The minimum Gasteiger partial charge on any atom is -0.454 e. The average Bonchev–Trinajstić information content (AvgIpc) is 3.41. The molecule has 0 saturated heterocycles. The van der Waals surface area contributed by atoms with E-state index >= 15 is 0 Å². The monoisotopic (exact) mass is 457 g/mol. The molecule has 1 aliphatic heterocycles. The number of benzene rings is 2. The van der Waals surface area contributed by atoms with Gasteiger partial charge in [-0.05, 0) is 62.7 Å². The molecule has 8 nitrogen and oxygen atoms in total. The maximum absolute atomic E-state index is 13.0. The van der Waals surface area contributed by atoms with E-state index in [1.807, 2.05) is 59.1 Å². The first-order chi connectivity index (χ1) is 16.3. The van der Waals surface area contributed by atoms with E-state index in [0.29, 0.717) is 23.5 Å². The zero-order valence-corrected chi connectivity index (χ0v) is 19.4. The van der Waals surface area contributed by atoms with Gasteiger partial charge in [0, 0.05) is 29.5 Å². The van der Waals surface area contributed by atoms with E-state index in [4.69, 9.17) is 20.2 Å². The standard InChI is InChI=1S/C26H27N5O3/c1-26(2,3)30-24-23(17-5-8-19(27)9-6-17)29-22-11-7-18(14-31(22)24)25(32)28-13-16-4-10-20-21(12-16)34-15-33-20/h4-12,14,30H,13,15,27H2,1-3H3,(H,28,32). The van der Waals surface area contributed by atoms with E-state index in [-0.39, 0.29) is 18.2 Å². The third-order valence-corrected chi connectivity index (χ3v) is 5.45. The Bertz CT molecular complexity index is 1370. The molecule has 2 aromatic heterocycles. The van der Waals surface area contributed by atoms with E-state index in [0.717, 1.165) is 34.0 Å².